The maximum atomic E-state index is 11.5. The van der Waals surface area contributed by atoms with Crippen molar-refractivity contribution in [2.45, 2.75) is 46.6 Å². The van der Waals surface area contributed by atoms with Gasteiger partial charge in [0.1, 0.15) is 0 Å². The summed E-state index contributed by atoms with van der Waals surface area (Å²) in [5.74, 6) is -0.251. The minimum atomic E-state index is -0.251. The molecule has 0 aliphatic heterocycles. The number of hydrogen-bond acceptors (Lipinski definition) is 3. The molecule has 0 N–H and O–H groups in total. The highest BCUT2D eigenvalue weighted by Gasteiger charge is 2.08. The second-order valence-electron chi connectivity index (χ2n) is 4.09. The van der Waals surface area contributed by atoms with Crippen LogP contribution in [-0.2, 0) is 28.9 Å². The second kappa shape index (κ2) is 6.99. The Bertz CT molecular complexity index is 433. The van der Waals surface area contributed by atoms with E-state index in [2.05, 4.69) is 25.0 Å². The summed E-state index contributed by atoms with van der Waals surface area (Å²) in [6, 6.07) is 2.12. The zero-order valence-electron chi connectivity index (χ0n) is 11.7. The lowest BCUT2D eigenvalue weighted by molar-refractivity contribution is -0.136. The molecule has 18 heavy (non-hydrogen) atoms. The Labute approximate surface area is 109 Å². The lowest BCUT2D eigenvalue weighted by atomic mass is 10.2. The SMILES string of the molecule is CC/C(=C/Cn1nc(CC)cc1CC)C(=O)OC. The van der Waals surface area contributed by atoms with Crippen molar-refractivity contribution in [3.8, 4) is 0 Å². The van der Waals surface area contributed by atoms with Crippen molar-refractivity contribution in [1.82, 2.24) is 9.78 Å². The molecule has 4 nitrogen and oxygen atoms in total. The number of esters is 1. The zero-order chi connectivity index (χ0) is 13.5. The van der Waals surface area contributed by atoms with Crippen molar-refractivity contribution < 1.29 is 9.53 Å². The fourth-order valence-corrected chi connectivity index (χ4v) is 1.83. The van der Waals surface area contributed by atoms with Gasteiger partial charge in [-0.3, -0.25) is 4.68 Å². The van der Waals surface area contributed by atoms with Crippen LogP contribution < -0.4 is 0 Å². The number of nitrogens with zero attached hydrogens (tertiary/aromatic N) is 2. The van der Waals surface area contributed by atoms with E-state index in [0.717, 1.165) is 18.5 Å². The molecule has 1 heterocycles. The number of allylic oxidation sites excluding steroid dienone is 1. The van der Waals surface area contributed by atoms with Crippen LogP contribution in [-0.4, -0.2) is 22.9 Å². The molecule has 0 atom stereocenters. The molecule has 0 saturated heterocycles. The van der Waals surface area contributed by atoms with Crippen LogP contribution in [0, 0.1) is 0 Å². The Morgan fingerprint density at radius 2 is 2.11 bits per heavy atom. The highest BCUT2D eigenvalue weighted by molar-refractivity contribution is 5.88. The maximum absolute atomic E-state index is 11.5. The van der Waals surface area contributed by atoms with Crippen LogP contribution >= 0.6 is 0 Å². The van der Waals surface area contributed by atoms with Gasteiger partial charge in [-0.25, -0.2) is 4.79 Å². The van der Waals surface area contributed by atoms with Crippen molar-refractivity contribution >= 4 is 5.97 Å². The number of ether oxygens (including phenoxy) is 1. The predicted molar refractivity (Wildman–Crippen MR) is 71.4 cm³/mol. The number of carbonyl (C=O) groups is 1. The molecule has 0 fully saturated rings. The van der Waals surface area contributed by atoms with E-state index in [-0.39, 0.29) is 5.97 Å². The fraction of sp³-hybridized carbons (Fsp3) is 0.571. The highest BCUT2D eigenvalue weighted by atomic mass is 16.5. The Morgan fingerprint density at radius 3 is 2.61 bits per heavy atom. The molecule has 100 valence electrons. The van der Waals surface area contributed by atoms with Crippen molar-refractivity contribution in [2.24, 2.45) is 0 Å². The first-order chi connectivity index (χ1) is 8.65. The van der Waals surface area contributed by atoms with E-state index in [0.29, 0.717) is 18.5 Å². The molecule has 0 aliphatic carbocycles. The van der Waals surface area contributed by atoms with E-state index in [9.17, 15) is 4.79 Å². The summed E-state index contributed by atoms with van der Waals surface area (Å²) in [5, 5.41) is 4.51. The van der Waals surface area contributed by atoms with Crippen molar-refractivity contribution in [2.75, 3.05) is 7.11 Å². The summed E-state index contributed by atoms with van der Waals surface area (Å²) in [7, 11) is 1.41. The van der Waals surface area contributed by atoms with E-state index in [4.69, 9.17) is 4.74 Å². The molecular weight excluding hydrogens is 228 g/mol. The van der Waals surface area contributed by atoms with Crippen LogP contribution in [0.3, 0.4) is 0 Å². The van der Waals surface area contributed by atoms with E-state index >= 15 is 0 Å². The number of rotatable bonds is 6. The van der Waals surface area contributed by atoms with Crippen molar-refractivity contribution in [3.05, 3.63) is 29.1 Å². The summed E-state index contributed by atoms with van der Waals surface area (Å²) in [6.45, 7) is 6.77. The van der Waals surface area contributed by atoms with Crippen LogP contribution in [0.15, 0.2) is 17.7 Å². The van der Waals surface area contributed by atoms with Crippen LogP contribution in [0.1, 0.15) is 38.6 Å². The van der Waals surface area contributed by atoms with Gasteiger partial charge in [0.15, 0.2) is 0 Å². The Hall–Kier alpha value is -1.58. The lowest BCUT2D eigenvalue weighted by Gasteiger charge is -2.05. The monoisotopic (exact) mass is 250 g/mol. The number of methoxy groups -OCH3 is 1. The summed E-state index contributed by atoms with van der Waals surface area (Å²) in [4.78, 5) is 11.5. The molecule has 1 aromatic heterocycles. The van der Waals surface area contributed by atoms with Crippen LogP contribution in [0.4, 0.5) is 0 Å². The quantitative estimate of drug-likeness (QED) is 0.575. The Balaban J connectivity index is 2.86. The summed E-state index contributed by atoms with van der Waals surface area (Å²) >= 11 is 0. The van der Waals surface area contributed by atoms with Crippen LogP contribution in [0.5, 0.6) is 0 Å². The minimum absolute atomic E-state index is 0.251. The van der Waals surface area contributed by atoms with Gasteiger partial charge in [0.05, 0.1) is 19.3 Å². The van der Waals surface area contributed by atoms with Gasteiger partial charge in [-0.15, -0.1) is 0 Å². The molecular formula is C14H22N2O2. The smallest absolute Gasteiger partial charge is 0.333 e. The van der Waals surface area contributed by atoms with Gasteiger partial charge in [-0.2, -0.15) is 5.10 Å². The topological polar surface area (TPSA) is 44.1 Å². The predicted octanol–water partition coefficient (Wildman–Crippen LogP) is 2.52. The van der Waals surface area contributed by atoms with Gasteiger partial charge in [-0.1, -0.05) is 26.8 Å². The molecule has 1 rings (SSSR count). The molecule has 1 aromatic rings. The van der Waals surface area contributed by atoms with E-state index < -0.39 is 0 Å². The lowest BCUT2D eigenvalue weighted by Crippen LogP contribution is -2.08. The van der Waals surface area contributed by atoms with Crippen LogP contribution in [0.2, 0.25) is 0 Å². The first-order valence-electron chi connectivity index (χ1n) is 6.49. The van der Waals surface area contributed by atoms with Gasteiger partial charge < -0.3 is 4.74 Å². The van der Waals surface area contributed by atoms with Gasteiger partial charge in [0.25, 0.3) is 0 Å². The van der Waals surface area contributed by atoms with E-state index in [1.165, 1.54) is 12.8 Å². The van der Waals surface area contributed by atoms with Gasteiger partial charge >= 0.3 is 5.97 Å². The van der Waals surface area contributed by atoms with E-state index in [1.807, 2.05) is 17.7 Å². The summed E-state index contributed by atoms with van der Waals surface area (Å²) in [6.07, 6.45) is 4.45. The average Bonchev–Trinajstić information content (AvgIpc) is 2.81. The largest absolute Gasteiger partial charge is 0.466 e. The van der Waals surface area contributed by atoms with Crippen molar-refractivity contribution in [3.63, 3.8) is 0 Å². The second-order valence-corrected chi connectivity index (χ2v) is 4.09. The molecule has 0 amide bonds. The van der Waals surface area contributed by atoms with Crippen molar-refractivity contribution in [1.29, 1.82) is 0 Å². The maximum Gasteiger partial charge on any atom is 0.333 e. The average molecular weight is 250 g/mol. The molecule has 0 saturated carbocycles. The molecule has 0 spiro atoms. The molecule has 4 heteroatoms. The van der Waals surface area contributed by atoms with Gasteiger partial charge in [0, 0.05) is 11.3 Å². The molecule has 0 aliphatic rings. The normalized spacial score (nSPS) is 11.7. The summed E-state index contributed by atoms with van der Waals surface area (Å²) in [5.41, 5.74) is 2.99. The number of hydrogen-bond donors (Lipinski definition) is 0. The molecule has 0 unspecified atom stereocenters. The highest BCUT2D eigenvalue weighted by Crippen LogP contribution is 2.09. The van der Waals surface area contributed by atoms with Crippen LogP contribution in [0.25, 0.3) is 0 Å². The minimum Gasteiger partial charge on any atom is -0.466 e. The zero-order valence-corrected chi connectivity index (χ0v) is 11.7. The Kier molecular flexibility index (Phi) is 5.62. The Morgan fingerprint density at radius 1 is 1.39 bits per heavy atom. The fourth-order valence-electron chi connectivity index (χ4n) is 1.83. The first-order valence-corrected chi connectivity index (χ1v) is 6.49. The van der Waals surface area contributed by atoms with Gasteiger partial charge in [0.2, 0.25) is 0 Å². The third-order valence-corrected chi connectivity index (χ3v) is 2.98. The van der Waals surface area contributed by atoms with Gasteiger partial charge in [-0.05, 0) is 25.3 Å². The number of carbonyl (C=O) groups excluding carboxylic acids is 1. The molecule has 0 bridgehead atoms. The third-order valence-electron chi connectivity index (χ3n) is 2.98. The number of aromatic nitrogens is 2. The number of aryl methyl sites for hydroxylation is 2. The standard InChI is InChI=1S/C14H22N2O2/c1-5-11(14(17)18-4)8-9-16-13(7-3)10-12(6-2)15-16/h8,10H,5-7,9H2,1-4H3/b11-8-. The first kappa shape index (κ1) is 14.5. The molecule has 0 radical (unpaired) electrons. The summed E-state index contributed by atoms with van der Waals surface area (Å²) < 4.78 is 6.69. The third kappa shape index (κ3) is 3.45. The van der Waals surface area contributed by atoms with E-state index in [1.54, 1.807) is 0 Å². The molecule has 0 aromatic carbocycles.